The van der Waals surface area contributed by atoms with Gasteiger partial charge in [0, 0.05) is 45.9 Å². The van der Waals surface area contributed by atoms with Crippen molar-refractivity contribution in [2.45, 2.75) is 34.1 Å². The monoisotopic (exact) mass is 434 g/mol. The van der Waals surface area contributed by atoms with E-state index in [9.17, 15) is 0 Å². The predicted octanol–water partition coefficient (Wildman–Crippen LogP) is 2.96. The van der Waals surface area contributed by atoms with Crippen molar-refractivity contribution in [3.05, 3.63) is 12.4 Å². The van der Waals surface area contributed by atoms with Gasteiger partial charge in [0.25, 0.3) is 0 Å². The minimum atomic E-state index is 0.534. The zero-order valence-electron chi connectivity index (χ0n) is 18.6. The number of hydrogen-bond acceptors (Lipinski definition) is 9. The molecule has 28 heavy (non-hydrogen) atoms. The van der Waals surface area contributed by atoms with E-state index in [4.69, 9.17) is 10.5 Å². The standard InChI is InChI=1S/C15H28N6O.2C2H6.H2S2/c1-19(10-11-22-2)4-3-5-20-6-8-21(9-7-20)15-12-14(16)17-13-18-15;3*1-2/h12-13H,3-11H2,1-2H3,(H2,16,17,18);2*1-2H3;1-2H. The normalized spacial score (nSPS) is 13.5. The van der Waals surface area contributed by atoms with E-state index in [1.165, 1.54) is 12.7 Å². The lowest BCUT2D eigenvalue weighted by Crippen LogP contribution is -2.47. The third kappa shape index (κ3) is 13.4. The van der Waals surface area contributed by atoms with Gasteiger partial charge in [-0.05, 0) is 26.6 Å². The molecule has 2 heterocycles. The van der Waals surface area contributed by atoms with Gasteiger partial charge in [-0.2, -0.15) is 0 Å². The quantitative estimate of drug-likeness (QED) is 0.429. The van der Waals surface area contributed by atoms with E-state index in [-0.39, 0.29) is 0 Å². The summed E-state index contributed by atoms with van der Waals surface area (Å²) in [5.41, 5.74) is 5.72. The Labute approximate surface area is 183 Å². The van der Waals surface area contributed by atoms with Crippen LogP contribution in [-0.2, 0) is 4.74 Å². The molecule has 0 radical (unpaired) electrons. The van der Waals surface area contributed by atoms with Gasteiger partial charge in [0.1, 0.15) is 18.0 Å². The molecule has 0 spiro atoms. The molecule has 0 aromatic carbocycles. The first-order valence-corrected chi connectivity index (χ1v) is 11.7. The number of methoxy groups -OCH3 is 1. The third-order valence-corrected chi connectivity index (χ3v) is 4.06. The fourth-order valence-electron chi connectivity index (χ4n) is 2.66. The largest absolute Gasteiger partial charge is 0.384 e. The second kappa shape index (κ2) is 21.0. The van der Waals surface area contributed by atoms with Crippen molar-refractivity contribution in [3.8, 4) is 0 Å². The minimum absolute atomic E-state index is 0.534. The first-order chi connectivity index (χ1) is 13.7. The van der Waals surface area contributed by atoms with Crippen LogP contribution in [0.1, 0.15) is 34.1 Å². The molecule has 1 saturated heterocycles. The molecule has 7 nitrogen and oxygen atoms in total. The Balaban J connectivity index is 0. The molecule has 166 valence electrons. The smallest absolute Gasteiger partial charge is 0.134 e. The van der Waals surface area contributed by atoms with E-state index in [1.807, 2.05) is 33.8 Å². The third-order valence-electron chi connectivity index (χ3n) is 4.06. The highest BCUT2D eigenvalue weighted by atomic mass is 33.1. The van der Waals surface area contributed by atoms with Gasteiger partial charge in [-0.1, -0.05) is 27.7 Å². The van der Waals surface area contributed by atoms with E-state index in [0.29, 0.717) is 5.82 Å². The van der Waals surface area contributed by atoms with Gasteiger partial charge in [-0.3, -0.25) is 4.90 Å². The average molecular weight is 435 g/mol. The number of nitrogens with zero attached hydrogens (tertiary/aromatic N) is 5. The summed E-state index contributed by atoms with van der Waals surface area (Å²) in [5, 5.41) is 0. The molecule has 2 N–H and O–H groups in total. The topological polar surface area (TPSA) is 70.8 Å². The first-order valence-electron chi connectivity index (χ1n) is 10.1. The number of hydrogen-bond donors (Lipinski definition) is 3. The lowest BCUT2D eigenvalue weighted by atomic mass is 10.2. The van der Waals surface area contributed by atoms with Crippen LogP contribution >= 0.6 is 23.3 Å². The summed E-state index contributed by atoms with van der Waals surface area (Å²) in [6.45, 7) is 16.2. The Morgan fingerprint density at radius 2 is 1.68 bits per heavy atom. The number of likely N-dealkylation sites (N-methyl/N-ethyl adjacent to an activating group) is 1. The van der Waals surface area contributed by atoms with Crippen molar-refractivity contribution in [2.24, 2.45) is 0 Å². The highest BCUT2D eigenvalue weighted by Gasteiger charge is 2.17. The molecular formula is C19H42N6OS2. The van der Waals surface area contributed by atoms with Crippen LogP contribution in [0.3, 0.4) is 0 Å². The number of nitrogens with two attached hydrogens (primary N) is 1. The first kappa shape index (κ1) is 29.5. The van der Waals surface area contributed by atoms with E-state index < -0.39 is 0 Å². The van der Waals surface area contributed by atoms with Crippen molar-refractivity contribution >= 4 is 35.0 Å². The summed E-state index contributed by atoms with van der Waals surface area (Å²) in [7, 11) is 3.90. The van der Waals surface area contributed by atoms with Crippen LogP contribution in [-0.4, -0.2) is 86.3 Å². The predicted molar refractivity (Wildman–Crippen MR) is 130 cm³/mol. The number of piperazine rings is 1. The maximum Gasteiger partial charge on any atom is 0.134 e. The molecule has 0 atom stereocenters. The van der Waals surface area contributed by atoms with Gasteiger partial charge in [0.2, 0.25) is 0 Å². The minimum Gasteiger partial charge on any atom is -0.384 e. The summed E-state index contributed by atoms with van der Waals surface area (Å²) in [4.78, 5) is 15.4. The van der Waals surface area contributed by atoms with Crippen molar-refractivity contribution < 1.29 is 4.74 Å². The molecule has 1 aromatic heterocycles. The fraction of sp³-hybridized carbons (Fsp3) is 0.789. The second-order valence-corrected chi connectivity index (χ2v) is 5.78. The molecular weight excluding hydrogens is 392 g/mol. The van der Waals surface area contributed by atoms with Crippen molar-refractivity contribution in [3.63, 3.8) is 0 Å². The molecule has 0 amide bonds. The average Bonchev–Trinajstić information content (AvgIpc) is 2.77. The zero-order chi connectivity index (χ0) is 21.8. The molecule has 0 unspecified atom stereocenters. The summed E-state index contributed by atoms with van der Waals surface area (Å²) < 4.78 is 5.09. The summed E-state index contributed by atoms with van der Waals surface area (Å²) in [6, 6.07) is 1.85. The van der Waals surface area contributed by atoms with E-state index >= 15 is 0 Å². The maximum atomic E-state index is 5.72. The molecule has 0 bridgehead atoms. The van der Waals surface area contributed by atoms with Gasteiger partial charge in [0.15, 0.2) is 0 Å². The number of nitrogen functional groups attached to an aromatic ring is 1. The van der Waals surface area contributed by atoms with E-state index in [1.54, 1.807) is 7.11 Å². The summed E-state index contributed by atoms with van der Waals surface area (Å²) in [6.07, 6.45) is 2.73. The Kier molecular flexibility index (Phi) is 22.1. The maximum absolute atomic E-state index is 5.72. The molecule has 2 rings (SSSR count). The summed E-state index contributed by atoms with van der Waals surface area (Å²) >= 11 is 6.44. The fourth-order valence-corrected chi connectivity index (χ4v) is 2.66. The number of rotatable bonds is 8. The Morgan fingerprint density at radius 1 is 1.07 bits per heavy atom. The summed E-state index contributed by atoms with van der Waals surface area (Å²) in [5.74, 6) is 1.47. The zero-order valence-corrected chi connectivity index (χ0v) is 20.4. The number of thiol groups is 2. The highest BCUT2D eigenvalue weighted by Crippen LogP contribution is 2.14. The van der Waals surface area contributed by atoms with Crippen LogP contribution in [0.2, 0.25) is 0 Å². The van der Waals surface area contributed by atoms with Crippen molar-refractivity contribution in [2.75, 3.05) is 77.2 Å². The van der Waals surface area contributed by atoms with Gasteiger partial charge in [-0.25, -0.2) is 9.97 Å². The van der Waals surface area contributed by atoms with Gasteiger partial charge < -0.3 is 20.3 Å². The van der Waals surface area contributed by atoms with Crippen LogP contribution in [0.4, 0.5) is 11.6 Å². The Bertz CT molecular complexity index is 448. The molecule has 1 aliphatic rings. The number of aromatic nitrogens is 2. The molecule has 0 aliphatic carbocycles. The molecule has 1 aromatic rings. The second-order valence-electron chi connectivity index (χ2n) is 5.78. The van der Waals surface area contributed by atoms with Crippen LogP contribution in [0.25, 0.3) is 0 Å². The highest BCUT2D eigenvalue weighted by molar-refractivity contribution is 8.59. The Hall–Kier alpha value is -0.740. The molecule has 0 saturated carbocycles. The lowest BCUT2D eigenvalue weighted by molar-refractivity contribution is 0.156. The SMILES string of the molecule is CC.CC.COCCN(C)CCCN1CCN(c2cc(N)ncn2)CC1.SS. The van der Waals surface area contributed by atoms with Crippen LogP contribution in [0.5, 0.6) is 0 Å². The van der Waals surface area contributed by atoms with Crippen LogP contribution in [0, 0.1) is 0 Å². The number of ether oxygens (including phenoxy) is 1. The molecule has 9 heteroatoms. The Morgan fingerprint density at radius 3 is 2.21 bits per heavy atom. The van der Waals surface area contributed by atoms with Crippen molar-refractivity contribution in [1.82, 2.24) is 19.8 Å². The van der Waals surface area contributed by atoms with Gasteiger partial charge in [0.05, 0.1) is 6.61 Å². The molecule has 1 aliphatic heterocycles. The van der Waals surface area contributed by atoms with E-state index in [0.717, 1.165) is 58.2 Å². The van der Waals surface area contributed by atoms with Gasteiger partial charge in [-0.15, -0.1) is 23.3 Å². The van der Waals surface area contributed by atoms with Crippen molar-refractivity contribution in [1.29, 1.82) is 0 Å². The number of anilines is 2. The lowest BCUT2D eigenvalue weighted by Gasteiger charge is -2.35. The van der Waals surface area contributed by atoms with E-state index in [2.05, 4.69) is 55.0 Å². The molecule has 1 fully saturated rings. The van der Waals surface area contributed by atoms with Crippen LogP contribution in [0.15, 0.2) is 12.4 Å². The van der Waals surface area contributed by atoms with Gasteiger partial charge >= 0.3 is 0 Å². The van der Waals surface area contributed by atoms with Crippen LogP contribution < -0.4 is 10.6 Å².